The van der Waals surface area contributed by atoms with E-state index in [0.29, 0.717) is 29.2 Å². The third-order valence-electron chi connectivity index (χ3n) is 3.81. The Kier molecular flexibility index (Phi) is 6.04. The molecule has 2 N–H and O–H groups in total. The first kappa shape index (κ1) is 18.1. The van der Waals surface area contributed by atoms with Crippen LogP contribution in [-0.2, 0) is 17.8 Å². The molecule has 0 spiro atoms. The number of pyridine rings is 1. The molecule has 128 valence electrons. The fourth-order valence-electron chi connectivity index (χ4n) is 2.50. The summed E-state index contributed by atoms with van der Waals surface area (Å²) < 4.78 is 5.10. The Morgan fingerprint density at radius 1 is 1.29 bits per heavy atom. The van der Waals surface area contributed by atoms with Crippen LogP contribution in [0.5, 0.6) is 5.75 Å². The third kappa shape index (κ3) is 4.61. The van der Waals surface area contributed by atoms with Crippen molar-refractivity contribution in [3.8, 4) is 5.75 Å². The quantitative estimate of drug-likeness (QED) is 0.843. The Morgan fingerprint density at radius 2 is 2.04 bits per heavy atom. The maximum Gasteiger partial charge on any atom is 0.253 e. The van der Waals surface area contributed by atoms with E-state index in [0.717, 1.165) is 16.8 Å². The van der Waals surface area contributed by atoms with Crippen LogP contribution >= 0.6 is 11.6 Å². The van der Waals surface area contributed by atoms with Crippen molar-refractivity contribution in [3.05, 3.63) is 62.0 Å². The molecule has 0 radical (unpaired) electrons. The smallest absolute Gasteiger partial charge is 0.253 e. The highest BCUT2D eigenvalue weighted by Crippen LogP contribution is 2.25. The molecule has 0 atom stereocenters. The average molecular weight is 349 g/mol. The van der Waals surface area contributed by atoms with Crippen LogP contribution in [0.15, 0.2) is 29.1 Å². The molecular weight excluding hydrogens is 328 g/mol. The summed E-state index contributed by atoms with van der Waals surface area (Å²) in [6.45, 7) is 3.92. The Labute approximate surface area is 146 Å². The molecule has 1 amide bonds. The number of amides is 1. The van der Waals surface area contributed by atoms with Gasteiger partial charge in [0.2, 0.25) is 5.91 Å². The summed E-state index contributed by atoms with van der Waals surface area (Å²) >= 11 is 6.07. The molecule has 6 heteroatoms. The second-order valence-electron chi connectivity index (χ2n) is 5.69. The van der Waals surface area contributed by atoms with Gasteiger partial charge in [-0.15, -0.1) is 0 Å². The summed E-state index contributed by atoms with van der Waals surface area (Å²) in [6.07, 6.45) is 0.893. The predicted molar refractivity (Wildman–Crippen MR) is 94.7 cm³/mol. The average Bonchev–Trinajstić information content (AvgIpc) is 2.52. The molecule has 0 fully saturated rings. The maximum absolute atomic E-state index is 12.0. The van der Waals surface area contributed by atoms with E-state index in [2.05, 4.69) is 10.3 Å². The molecule has 0 saturated carbocycles. The molecule has 1 aromatic carbocycles. The number of rotatable bonds is 6. The van der Waals surface area contributed by atoms with Crippen LogP contribution < -0.4 is 15.6 Å². The minimum absolute atomic E-state index is 0.110. The van der Waals surface area contributed by atoms with Crippen LogP contribution in [0.3, 0.4) is 0 Å². The van der Waals surface area contributed by atoms with Crippen LogP contribution in [0.2, 0.25) is 5.02 Å². The number of carbonyl (C=O) groups excluding carboxylic acids is 1. The van der Waals surface area contributed by atoms with Crippen molar-refractivity contribution < 1.29 is 9.53 Å². The minimum atomic E-state index is -0.158. The van der Waals surface area contributed by atoms with Crippen molar-refractivity contribution in [1.82, 2.24) is 10.3 Å². The van der Waals surface area contributed by atoms with E-state index in [1.165, 1.54) is 0 Å². The van der Waals surface area contributed by atoms with Gasteiger partial charge in [0.1, 0.15) is 5.75 Å². The molecule has 0 unspecified atom stereocenters. The first-order valence-electron chi connectivity index (χ1n) is 7.69. The summed E-state index contributed by atoms with van der Waals surface area (Å²) in [6, 6.07) is 7.35. The van der Waals surface area contributed by atoms with Gasteiger partial charge in [-0.2, -0.15) is 0 Å². The monoisotopic (exact) mass is 348 g/mol. The van der Waals surface area contributed by atoms with Gasteiger partial charge >= 0.3 is 0 Å². The van der Waals surface area contributed by atoms with Gasteiger partial charge in [-0.3, -0.25) is 9.59 Å². The van der Waals surface area contributed by atoms with Gasteiger partial charge in [0.15, 0.2) is 0 Å². The van der Waals surface area contributed by atoms with Gasteiger partial charge in [-0.05, 0) is 49.6 Å². The molecule has 0 bridgehead atoms. The molecule has 2 rings (SSSR count). The molecule has 0 saturated heterocycles. The highest BCUT2D eigenvalue weighted by atomic mass is 35.5. The van der Waals surface area contributed by atoms with Crippen molar-refractivity contribution in [2.75, 3.05) is 7.11 Å². The lowest BCUT2D eigenvalue weighted by atomic mass is 10.1. The lowest BCUT2D eigenvalue weighted by Gasteiger charge is -2.09. The molecule has 0 aliphatic heterocycles. The van der Waals surface area contributed by atoms with Gasteiger partial charge in [-0.25, -0.2) is 0 Å². The van der Waals surface area contributed by atoms with E-state index < -0.39 is 0 Å². The molecule has 0 aliphatic carbocycles. The number of carbonyl (C=O) groups is 1. The number of ether oxygens (including phenoxy) is 1. The standard InChI is InChI=1S/C18H21ClN2O3/c1-11-8-12(2)21-18(23)14(11)10-20-17(22)7-5-13-4-6-16(24-3)15(19)9-13/h4,6,8-9H,5,7,10H2,1-3H3,(H,20,22)(H,21,23). The van der Waals surface area contributed by atoms with Crippen LogP contribution in [0.1, 0.15) is 28.8 Å². The number of hydrogen-bond donors (Lipinski definition) is 2. The number of hydrogen-bond acceptors (Lipinski definition) is 3. The highest BCUT2D eigenvalue weighted by Gasteiger charge is 2.09. The van der Waals surface area contributed by atoms with Crippen LogP contribution in [0.4, 0.5) is 0 Å². The van der Waals surface area contributed by atoms with Gasteiger partial charge in [-0.1, -0.05) is 17.7 Å². The van der Waals surface area contributed by atoms with Crippen molar-refractivity contribution in [2.24, 2.45) is 0 Å². The number of halogens is 1. The second-order valence-corrected chi connectivity index (χ2v) is 6.10. The predicted octanol–water partition coefficient (Wildman–Crippen LogP) is 2.90. The van der Waals surface area contributed by atoms with E-state index in [-0.39, 0.29) is 18.0 Å². The van der Waals surface area contributed by atoms with Gasteiger partial charge in [0.25, 0.3) is 5.56 Å². The Bertz CT molecular complexity index is 799. The van der Waals surface area contributed by atoms with Crippen molar-refractivity contribution >= 4 is 17.5 Å². The zero-order valence-corrected chi connectivity index (χ0v) is 14.8. The van der Waals surface area contributed by atoms with Crippen molar-refractivity contribution in [3.63, 3.8) is 0 Å². The lowest BCUT2D eigenvalue weighted by molar-refractivity contribution is -0.121. The van der Waals surface area contributed by atoms with Gasteiger partial charge in [0.05, 0.1) is 12.1 Å². The van der Waals surface area contributed by atoms with Crippen LogP contribution in [0.25, 0.3) is 0 Å². The minimum Gasteiger partial charge on any atom is -0.495 e. The molecular formula is C18H21ClN2O3. The topological polar surface area (TPSA) is 71.2 Å². The zero-order chi connectivity index (χ0) is 17.7. The molecule has 1 heterocycles. The summed E-state index contributed by atoms with van der Waals surface area (Å²) in [5.74, 6) is 0.500. The van der Waals surface area contributed by atoms with Crippen LogP contribution in [0, 0.1) is 13.8 Å². The van der Waals surface area contributed by atoms with Gasteiger partial charge in [0, 0.05) is 24.2 Å². The van der Waals surface area contributed by atoms with Crippen LogP contribution in [-0.4, -0.2) is 18.0 Å². The SMILES string of the molecule is COc1ccc(CCC(=O)NCc2c(C)cc(C)[nH]c2=O)cc1Cl. The molecule has 5 nitrogen and oxygen atoms in total. The number of aryl methyl sites for hydroxylation is 3. The first-order chi connectivity index (χ1) is 11.4. The van der Waals surface area contributed by atoms with Crippen molar-refractivity contribution in [2.45, 2.75) is 33.2 Å². The Balaban J connectivity index is 1.90. The highest BCUT2D eigenvalue weighted by molar-refractivity contribution is 6.32. The molecule has 0 aliphatic rings. The number of nitrogens with one attached hydrogen (secondary N) is 2. The summed E-state index contributed by atoms with van der Waals surface area (Å²) in [4.78, 5) is 26.7. The zero-order valence-electron chi connectivity index (χ0n) is 14.0. The maximum atomic E-state index is 12.0. The van der Waals surface area contributed by atoms with Gasteiger partial charge < -0.3 is 15.0 Å². The third-order valence-corrected chi connectivity index (χ3v) is 4.11. The number of methoxy groups -OCH3 is 1. The number of benzene rings is 1. The lowest BCUT2D eigenvalue weighted by Crippen LogP contribution is -2.28. The molecule has 24 heavy (non-hydrogen) atoms. The van der Waals surface area contributed by atoms with E-state index in [9.17, 15) is 9.59 Å². The van der Waals surface area contributed by atoms with E-state index in [4.69, 9.17) is 16.3 Å². The van der Waals surface area contributed by atoms with E-state index >= 15 is 0 Å². The van der Waals surface area contributed by atoms with E-state index in [1.54, 1.807) is 19.2 Å². The number of aromatic amines is 1. The largest absolute Gasteiger partial charge is 0.495 e. The van der Waals surface area contributed by atoms with Crippen molar-refractivity contribution in [1.29, 1.82) is 0 Å². The molecule has 1 aromatic heterocycles. The number of aromatic nitrogens is 1. The fourth-order valence-corrected chi connectivity index (χ4v) is 2.78. The first-order valence-corrected chi connectivity index (χ1v) is 8.07. The molecule has 2 aromatic rings. The van der Waals surface area contributed by atoms with E-state index in [1.807, 2.05) is 26.0 Å². The second kappa shape index (κ2) is 8.02. The summed E-state index contributed by atoms with van der Waals surface area (Å²) in [5.41, 5.74) is 3.07. The summed E-state index contributed by atoms with van der Waals surface area (Å²) in [5, 5.41) is 3.32. The normalized spacial score (nSPS) is 10.5. The summed E-state index contributed by atoms with van der Waals surface area (Å²) in [7, 11) is 1.56. The fraction of sp³-hybridized carbons (Fsp3) is 0.333. The number of H-pyrrole nitrogens is 1. The Morgan fingerprint density at radius 3 is 2.67 bits per heavy atom. The Hall–Kier alpha value is -2.27.